The summed E-state index contributed by atoms with van der Waals surface area (Å²) < 4.78 is 6.23. The van der Waals surface area contributed by atoms with Gasteiger partial charge in [-0.25, -0.2) is 9.97 Å². The summed E-state index contributed by atoms with van der Waals surface area (Å²) in [6, 6.07) is 23.3. The van der Waals surface area contributed by atoms with Crippen LogP contribution in [0.3, 0.4) is 0 Å². The SMILES string of the molecule is Cc1cc(C)nc(OC(C)C(C)(c2ccccc2)c2ccccc2)n1. The van der Waals surface area contributed by atoms with E-state index in [4.69, 9.17) is 4.74 Å². The molecule has 0 aliphatic heterocycles. The van der Waals surface area contributed by atoms with Crippen molar-refractivity contribution in [1.29, 1.82) is 0 Å². The maximum Gasteiger partial charge on any atom is 0.317 e. The molecule has 0 N–H and O–H groups in total. The van der Waals surface area contributed by atoms with Crippen molar-refractivity contribution in [2.75, 3.05) is 0 Å². The van der Waals surface area contributed by atoms with Crippen molar-refractivity contribution in [1.82, 2.24) is 9.97 Å². The highest BCUT2D eigenvalue weighted by atomic mass is 16.5. The smallest absolute Gasteiger partial charge is 0.317 e. The average molecular weight is 332 g/mol. The summed E-state index contributed by atoms with van der Waals surface area (Å²) in [6.45, 7) is 8.21. The predicted molar refractivity (Wildman–Crippen MR) is 101 cm³/mol. The Morgan fingerprint density at radius 1 is 0.800 bits per heavy atom. The molecule has 0 bridgehead atoms. The van der Waals surface area contributed by atoms with Gasteiger partial charge in [0.2, 0.25) is 0 Å². The van der Waals surface area contributed by atoms with Gasteiger partial charge in [0.15, 0.2) is 0 Å². The molecule has 3 aromatic rings. The summed E-state index contributed by atoms with van der Waals surface area (Å²) in [7, 11) is 0. The van der Waals surface area contributed by atoms with E-state index >= 15 is 0 Å². The molecule has 0 fully saturated rings. The highest BCUT2D eigenvalue weighted by Crippen LogP contribution is 2.36. The number of benzene rings is 2. The van der Waals surface area contributed by atoms with Crippen LogP contribution >= 0.6 is 0 Å². The van der Waals surface area contributed by atoms with Gasteiger partial charge < -0.3 is 4.74 Å². The van der Waals surface area contributed by atoms with Gasteiger partial charge in [0.05, 0.1) is 5.41 Å². The number of hydrogen-bond donors (Lipinski definition) is 0. The Morgan fingerprint density at radius 2 is 1.24 bits per heavy atom. The van der Waals surface area contributed by atoms with E-state index in [1.165, 1.54) is 11.1 Å². The third-order valence-corrected chi connectivity index (χ3v) is 4.80. The molecule has 0 radical (unpaired) electrons. The molecule has 0 saturated heterocycles. The Labute approximate surface area is 149 Å². The van der Waals surface area contributed by atoms with E-state index in [1.807, 2.05) is 32.0 Å². The molecule has 3 heteroatoms. The maximum absolute atomic E-state index is 6.23. The number of rotatable bonds is 5. The first kappa shape index (κ1) is 17.2. The largest absolute Gasteiger partial charge is 0.459 e. The lowest BCUT2D eigenvalue weighted by molar-refractivity contribution is 0.140. The van der Waals surface area contributed by atoms with Gasteiger partial charge in [-0.05, 0) is 44.9 Å². The number of aryl methyl sites for hydroxylation is 2. The highest BCUT2D eigenvalue weighted by molar-refractivity contribution is 5.40. The van der Waals surface area contributed by atoms with Crippen LogP contribution in [-0.4, -0.2) is 16.1 Å². The lowest BCUT2D eigenvalue weighted by Gasteiger charge is -2.36. The van der Waals surface area contributed by atoms with Crippen LogP contribution in [0.1, 0.15) is 36.4 Å². The van der Waals surface area contributed by atoms with Gasteiger partial charge in [-0.3, -0.25) is 0 Å². The van der Waals surface area contributed by atoms with Crippen LogP contribution in [0.25, 0.3) is 0 Å². The first-order valence-electron chi connectivity index (χ1n) is 8.60. The number of aromatic nitrogens is 2. The standard InChI is InChI=1S/C22H24N2O/c1-16-15-17(2)24-21(23-16)25-18(3)22(4,19-11-7-5-8-12-19)20-13-9-6-10-14-20/h5-15,18H,1-4H3. The monoisotopic (exact) mass is 332 g/mol. The van der Waals surface area contributed by atoms with Gasteiger partial charge in [0.25, 0.3) is 0 Å². The van der Waals surface area contributed by atoms with E-state index in [0.717, 1.165) is 11.4 Å². The molecular formula is C22H24N2O. The summed E-state index contributed by atoms with van der Waals surface area (Å²) in [5, 5.41) is 0. The molecule has 1 heterocycles. The van der Waals surface area contributed by atoms with Crippen molar-refractivity contribution in [2.24, 2.45) is 0 Å². The van der Waals surface area contributed by atoms with Gasteiger partial charge in [-0.15, -0.1) is 0 Å². The normalized spacial score (nSPS) is 12.6. The third kappa shape index (κ3) is 3.55. The zero-order valence-corrected chi connectivity index (χ0v) is 15.2. The van der Waals surface area contributed by atoms with Crippen LogP contribution in [0.2, 0.25) is 0 Å². The van der Waals surface area contributed by atoms with E-state index < -0.39 is 0 Å². The van der Waals surface area contributed by atoms with E-state index in [2.05, 4.69) is 72.3 Å². The molecule has 1 aromatic heterocycles. The number of hydrogen-bond acceptors (Lipinski definition) is 3. The topological polar surface area (TPSA) is 35.0 Å². The Morgan fingerprint density at radius 3 is 1.68 bits per heavy atom. The summed E-state index contributed by atoms with van der Waals surface area (Å²) >= 11 is 0. The van der Waals surface area contributed by atoms with Crippen LogP contribution in [0.15, 0.2) is 66.7 Å². The minimum atomic E-state index is -0.316. The zero-order valence-electron chi connectivity index (χ0n) is 15.2. The second-order valence-electron chi connectivity index (χ2n) is 6.63. The fraction of sp³-hybridized carbons (Fsp3) is 0.273. The summed E-state index contributed by atoms with van der Waals surface area (Å²) in [6.07, 6.45) is -0.140. The van der Waals surface area contributed by atoms with E-state index in [1.54, 1.807) is 0 Å². The van der Waals surface area contributed by atoms with Crippen molar-refractivity contribution in [3.05, 3.63) is 89.2 Å². The highest BCUT2D eigenvalue weighted by Gasteiger charge is 2.37. The van der Waals surface area contributed by atoms with Crippen molar-refractivity contribution < 1.29 is 4.74 Å². The first-order valence-corrected chi connectivity index (χ1v) is 8.60. The Balaban J connectivity index is 2.02. The van der Waals surface area contributed by atoms with Gasteiger partial charge in [0, 0.05) is 11.4 Å². The maximum atomic E-state index is 6.23. The Hall–Kier alpha value is -2.68. The lowest BCUT2D eigenvalue weighted by Crippen LogP contribution is -2.40. The Bertz CT molecular complexity index is 771. The average Bonchev–Trinajstić information content (AvgIpc) is 2.61. The molecule has 25 heavy (non-hydrogen) atoms. The van der Waals surface area contributed by atoms with Crippen molar-refractivity contribution in [3.8, 4) is 6.01 Å². The van der Waals surface area contributed by atoms with Crippen LogP contribution in [0.4, 0.5) is 0 Å². The molecule has 128 valence electrons. The molecule has 0 spiro atoms. The molecule has 1 unspecified atom stereocenters. The minimum Gasteiger partial charge on any atom is -0.459 e. The summed E-state index contributed by atoms with van der Waals surface area (Å²) in [4.78, 5) is 8.88. The number of ether oxygens (including phenoxy) is 1. The Kier molecular flexibility index (Phi) is 4.84. The van der Waals surface area contributed by atoms with E-state index in [9.17, 15) is 0 Å². The second kappa shape index (κ2) is 7.06. The minimum absolute atomic E-state index is 0.140. The van der Waals surface area contributed by atoms with Gasteiger partial charge in [-0.1, -0.05) is 60.7 Å². The van der Waals surface area contributed by atoms with E-state index in [-0.39, 0.29) is 11.5 Å². The summed E-state index contributed by atoms with van der Waals surface area (Å²) in [5.41, 5.74) is 3.92. The molecule has 0 aliphatic rings. The molecule has 0 saturated carbocycles. The third-order valence-electron chi connectivity index (χ3n) is 4.80. The van der Waals surface area contributed by atoms with Crippen molar-refractivity contribution in [2.45, 2.75) is 39.2 Å². The molecule has 3 nitrogen and oxygen atoms in total. The van der Waals surface area contributed by atoms with Crippen molar-refractivity contribution in [3.63, 3.8) is 0 Å². The van der Waals surface area contributed by atoms with Crippen LogP contribution in [-0.2, 0) is 5.41 Å². The van der Waals surface area contributed by atoms with E-state index in [0.29, 0.717) is 6.01 Å². The quantitative estimate of drug-likeness (QED) is 0.669. The van der Waals surface area contributed by atoms with Gasteiger partial charge in [-0.2, -0.15) is 0 Å². The predicted octanol–water partition coefficient (Wildman–Crippen LogP) is 4.87. The fourth-order valence-electron chi connectivity index (χ4n) is 3.23. The fourth-order valence-corrected chi connectivity index (χ4v) is 3.23. The molecule has 1 atom stereocenters. The molecular weight excluding hydrogens is 308 g/mol. The van der Waals surface area contributed by atoms with Crippen LogP contribution < -0.4 is 4.74 Å². The molecule has 0 amide bonds. The molecule has 2 aromatic carbocycles. The zero-order chi connectivity index (χ0) is 17.9. The second-order valence-corrected chi connectivity index (χ2v) is 6.63. The van der Waals surface area contributed by atoms with Crippen molar-refractivity contribution >= 4 is 0 Å². The number of nitrogens with zero attached hydrogens (tertiary/aromatic N) is 2. The van der Waals surface area contributed by atoms with Crippen LogP contribution in [0.5, 0.6) is 6.01 Å². The molecule has 3 rings (SSSR count). The van der Waals surface area contributed by atoms with Gasteiger partial charge >= 0.3 is 6.01 Å². The summed E-state index contributed by atoms with van der Waals surface area (Å²) in [5.74, 6) is 0. The van der Waals surface area contributed by atoms with Crippen LogP contribution in [0, 0.1) is 13.8 Å². The lowest BCUT2D eigenvalue weighted by atomic mass is 9.72. The first-order chi connectivity index (χ1) is 12.0. The molecule has 0 aliphatic carbocycles. The van der Waals surface area contributed by atoms with Gasteiger partial charge in [0.1, 0.15) is 6.10 Å².